The molecule has 0 aliphatic heterocycles. The van der Waals surface area contributed by atoms with Crippen molar-refractivity contribution in [1.82, 2.24) is 5.32 Å². The quantitative estimate of drug-likeness (QED) is 0.715. The SMILES string of the molecule is CCC(=O)NCC[C@H]1CCc2ccc(O)c(O)c21. The highest BCUT2D eigenvalue weighted by molar-refractivity contribution is 5.75. The summed E-state index contributed by atoms with van der Waals surface area (Å²) < 4.78 is 0. The molecule has 1 aliphatic carbocycles. The van der Waals surface area contributed by atoms with Crippen molar-refractivity contribution in [3.63, 3.8) is 0 Å². The number of hydrogen-bond acceptors (Lipinski definition) is 3. The minimum atomic E-state index is -0.0572. The van der Waals surface area contributed by atoms with Gasteiger partial charge in [0.25, 0.3) is 0 Å². The lowest BCUT2D eigenvalue weighted by Crippen LogP contribution is -2.24. The van der Waals surface area contributed by atoms with E-state index >= 15 is 0 Å². The van der Waals surface area contributed by atoms with Gasteiger partial charge >= 0.3 is 0 Å². The molecule has 0 unspecified atom stereocenters. The molecular formula is C14H19NO3. The van der Waals surface area contributed by atoms with E-state index in [4.69, 9.17) is 0 Å². The molecule has 1 aromatic carbocycles. The smallest absolute Gasteiger partial charge is 0.219 e. The molecule has 0 radical (unpaired) electrons. The van der Waals surface area contributed by atoms with E-state index in [0.717, 1.165) is 30.4 Å². The summed E-state index contributed by atoms with van der Waals surface area (Å²) in [7, 11) is 0. The summed E-state index contributed by atoms with van der Waals surface area (Å²) in [5.74, 6) is 0.229. The number of phenolic OH excluding ortho intramolecular Hbond substituents is 2. The monoisotopic (exact) mass is 249 g/mol. The number of nitrogens with one attached hydrogen (secondary N) is 1. The maximum Gasteiger partial charge on any atom is 0.219 e. The lowest BCUT2D eigenvalue weighted by molar-refractivity contribution is -0.120. The van der Waals surface area contributed by atoms with E-state index in [2.05, 4.69) is 5.32 Å². The summed E-state index contributed by atoms with van der Waals surface area (Å²) in [6.07, 6.45) is 3.19. The van der Waals surface area contributed by atoms with Crippen molar-refractivity contribution in [3.8, 4) is 11.5 Å². The van der Waals surface area contributed by atoms with Crippen LogP contribution in [-0.2, 0) is 11.2 Å². The Morgan fingerprint density at radius 3 is 2.94 bits per heavy atom. The highest BCUT2D eigenvalue weighted by Gasteiger charge is 2.26. The minimum absolute atomic E-state index is 0.0109. The van der Waals surface area contributed by atoms with E-state index in [1.165, 1.54) is 6.07 Å². The number of fused-ring (bicyclic) bond motifs is 1. The second-order valence-electron chi connectivity index (χ2n) is 4.73. The summed E-state index contributed by atoms with van der Waals surface area (Å²) in [4.78, 5) is 11.2. The molecule has 4 nitrogen and oxygen atoms in total. The number of carbonyl (C=O) groups is 1. The van der Waals surface area contributed by atoms with Gasteiger partial charge in [0.05, 0.1) is 0 Å². The molecule has 0 saturated heterocycles. The maximum atomic E-state index is 11.2. The van der Waals surface area contributed by atoms with E-state index in [1.807, 2.05) is 13.0 Å². The first kappa shape index (κ1) is 12.7. The summed E-state index contributed by atoms with van der Waals surface area (Å²) in [6, 6.07) is 3.41. The number of aryl methyl sites for hydroxylation is 1. The van der Waals surface area contributed by atoms with Crippen LogP contribution in [0.5, 0.6) is 11.5 Å². The molecule has 1 aromatic rings. The third kappa shape index (κ3) is 2.42. The van der Waals surface area contributed by atoms with Crippen molar-refractivity contribution in [2.24, 2.45) is 0 Å². The predicted molar refractivity (Wildman–Crippen MR) is 68.8 cm³/mol. The third-order valence-electron chi connectivity index (χ3n) is 3.59. The van der Waals surface area contributed by atoms with E-state index in [-0.39, 0.29) is 23.3 Å². The number of hydrogen-bond donors (Lipinski definition) is 3. The minimum Gasteiger partial charge on any atom is -0.504 e. The van der Waals surface area contributed by atoms with Crippen LogP contribution in [0.25, 0.3) is 0 Å². The van der Waals surface area contributed by atoms with Gasteiger partial charge in [0.15, 0.2) is 11.5 Å². The van der Waals surface area contributed by atoms with Gasteiger partial charge in [-0.1, -0.05) is 13.0 Å². The Balaban J connectivity index is 2.03. The molecule has 18 heavy (non-hydrogen) atoms. The zero-order valence-corrected chi connectivity index (χ0v) is 10.6. The van der Waals surface area contributed by atoms with Crippen LogP contribution in [0.2, 0.25) is 0 Å². The van der Waals surface area contributed by atoms with Gasteiger partial charge in [0, 0.05) is 18.5 Å². The average molecular weight is 249 g/mol. The van der Waals surface area contributed by atoms with E-state index < -0.39 is 0 Å². The van der Waals surface area contributed by atoms with Crippen LogP contribution in [0, 0.1) is 0 Å². The predicted octanol–water partition coefficient (Wildman–Crippen LogP) is 2.04. The molecule has 0 saturated carbocycles. The molecular weight excluding hydrogens is 230 g/mol. The maximum absolute atomic E-state index is 11.2. The lowest BCUT2D eigenvalue weighted by atomic mass is 9.96. The number of rotatable bonds is 4. The molecule has 0 bridgehead atoms. The Hall–Kier alpha value is -1.71. The zero-order valence-electron chi connectivity index (χ0n) is 10.6. The second kappa shape index (κ2) is 5.29. The van der Waals surface area contributed by atoms with Gasteiger partial charge in [-0.25, -0.2) is 0 Å². The van der Waals surface area contributed by atoms with Gasteiger partial charge in [-0.2, -0.15) is 0 Å². The first-order chi connectivity index (χ1) is 8.63. The van der Waals surface area contributed by atoms with Gasteiger partial charge in [-0.05, 0) is 36.8 Å². The fraction of sp³-hybridized carbons (Fsp3) is 0.500. The molecule has 98 valence electrons. The van der Waals surface area contributed by atoms with Crippen molar-refractivity contribution in [1.29, 1.82) is 0 Å². The number of benzene rings is 1. The zero-order chi connectivity index (χ0) is 13.1. The normalized spacial score (nSPS) is 17.5. The van der Waals surface area contributed by atoms with Crippen LogP contribution in [0.1, 0.15) is 43.2 Å². The van der Waals surface area contributed by atoms with Gasteiger partial charge in [0.2, 0.25) is 5.91 Å². The Morgan fingerprint density at radius 1 is 1.44 bits per heavy atom. The van der Waals surface area contributed by atoms with Crippen molar-refractivity contribution < 1.29 is 15.0 Å². The van der Waals surface area contributed by atoms with E-state index in [0.29, 0.717) is 13.0 Å². The van der Waals surface area contributed by atoms with Crippen LogP contribution in [-0.4, -0.2) is 22.7 Å². The average Bonchev–Trinajstić information content (AvgIpc) is 2.77. The number of aromatic hydroxyl groups is 2. The molecule has 2 rings (SSSR count). The van der Waals surface area contributed by atoms with Gasteiger partial charge < -0.3 is 15.5 Å². The summed E-state index contributed by atoms with van der Waals surface area (Å²) in [5, 5.41) is 22.3. The number of amides is 1. The van der Waals surface area contributed by atoms with Crippen LogP contribution < -0.4 is 5.32 Å². The molecule has 1 amide bonds. The largest absolute Gasteiger partial charge is 0.504 e. The molecule has 0 spiro atoms. The second-order valence-corrected chi connectivity index (χ2v) is 4.73. The molecule has 0 aromatic heterocycles. The highest BCUT2D eigenvalue weighted by Crippen LogP contribution is 2.44. The summed E-state index contributed by atoms with van der Waals surface area (Å²) in [6.45, 7) is 2.44. The number of carbonyl (C=O) groups excluding carboxylic acids is 1. The fourth-order valence-corrected chi connectivity index (χ4v) is 2.59. The Labute approximate surface area is 107 Å². The van der Waals surface area contributed by atoms with Crippen molar-refractivity contribution in [2.45, 2.75) is 38.5 Å². The van der Waals surface area contributed by atoms with Crippen LogP contribution >= 0.6 is 0 Å². The first-order valence-corrected chi connectivity index (χ1v) is 6.43. The molecule has 1 atom stereocenters. The summed E-state index contributed by atoms with van der Waals surface area (Å²) >= 11 is 0. The highest BCUT2D eigenvalue weighted by atomic mass is 16.3. The van der Waals surface area contributed by atoms with E-state index in [1.54, 1.807) is 0 Å². The lowest BCUT2D eigenvalue weighted by Gasteiger charge is -2.14. The van der Waals surface area contributed by atoms with Crippen molar-refractivity contribution in [2.75, 3.05) is 6.54 Å². The van der Waals surface area contributed by atoms with Crippen molar-refractivity contribution >= 4 is 5.91 Å². The molecule has 3 N–H and O–H groups in total. The fourth-order valence-electron chi connectivity index (χ4n) is 2.59. The first-order valence-electron chi connectivity index (χ1n) is 6.43. The number of phenols is 2. The Kier molecular flexibility index (Phi) is 3.75. The van der Waals surface area contributed by atoms with Crippen LogP contribution in [0.4, 0.5) is 0 Å². The van der Waals surface area contributed by atoms with Gasteiger partial charge in [0.1, 0.15) is 0 Å². The third-order valence-corrected chi connectivity index (χ3v) is 3.59. The van der Waals surface area contributed by atoms with Crippen LogP contribution in [0.3, 0.4) is 0 Å². The molecule has 4 heteroatoms. The molecule has 0 heterocycles. The van der Waals surface area contributed by atoms with Crippen molar-refractivity contribution in [3.05, 3.63) is 23.3 Å². The van der Waals surface area contributed by atoms with Gasteiger partial charge in [-0.15, -0.1) is 0 Å². The Bertz CT molecular complexity index is 457. The van der Waals surface area contributed by atoms with Gasteiger partial charge in [-0.3, -0.25) is 4.79 Å². The molecule has 1 aliphatic rings. The standard InChI is InChI=1S/C14H19NO3/c1-2-12(17)15-8-7-10-4-3-9-5-6-11(16)14(18)13(9)10/h5-6,10,16,18H,2-4,7-8H2,1H3,(H,15,17)/t10-/m1/s1. The topological polar surface area (TPSA) is 69.6 Å². The summed E-state index contributed by atoms with van der Waals surface area (Å²) in [5.41, 5.74) is 1.97. The van der Waals surface area contributed by atoms with E-state index in [9.17, 15) is 15.0 Å². The Morgan fingerprint density at radius 2 is 2.22 bits per heavy atom. The van der Waals surface area contributed by atoms with Crippen LogP contribution in [0.15, 0.2) is 12.1 Å². The molecule has 0 fully saturated rings.